The van der Waals surface area contributed by atoms with Crippen LogP contribution in [0.3, 0.4) is 0 Å². The number of rotatable bonds is 3. The molecule has 4 fully saturated rings. The lowest BCUT2D eigenvalue weighted by molar-refractivity contribution is -0.229. The number of carbonyl (C=O) groups excluding carboxylic acids is 1. The van der Waals surface area contributed by atoms with Crippen LogP contribution in [0.5, 0.6) is 0 Å². The molecule has 0 radical (unpaired) electrons. The minimum absolute atomic E-state index is 0.0643. The number of ether oxygens (including phenoxy) is 2. The number of esters is 1. The summed E-state index contributed by atoms with van der Waals surface area (Å²) >= 11 is 2.17. The van der Waals surface area contributed by atoms with Crippen LogP contribution >= 0.6 is 22.6 Å². The number of carbonyl (C=O) groups is 1. The summed E-state index contributed by atoms with van der Waals surface area (Å²) in [5.74, 6) is -0.157. The Hall–Kier alpha value is 0.120. The average Bonchev–Trinajstić information content (AvgIpc) is 3.03. The molecule has 0 aromatic carbocycles. The maximum atomic E-state index is 12.3. The molecule has 1 spiro atoms. The standard InChI is InChI=1S/C14H19IO4/c1-3-12(2,15)11(16)18-10-9-8-6-13(17,19-9)4-7-5-14(7,8)10/h7-10,17H,3-6H2,1-2H3. The van der Waals surface area contributed by atoms with E-state index in [4.69, 9.17) is 9.47 Å². The third-order valence-electron chi connectivity index (χ3n) is 5.90. The van der Waals surface area contributed by atoms with Crippen molar-refractivity contribution in [1.29, 1.82) is 0 Å². The summed E-state index contributed by atoms with van der Waals surface area (Å²) in [7, 11) is 0. The molecule has 7 unspecified atom stereocenters. The Morgan fingerprint density at radius 3 is 2.95 bits per heavy atom. The molecule has 106 valence electrons. The van der Waals surface area contributed by atoms with Crippen LogP contribution in [0, 0.1) is 17.3 Å². The Bertz CT molecular complexity index is 460. The zero-order valence-corrected chi connectivity index (χ0v) is 13.3. The van der Waals surface area contributed by atoms with Crippen LogP contribution in [0.15, 0.2) is 0 Å². The SMILES string of the molecule is CCC(C)(I)C(=O)OC1C2OC3(O)CC4CC41C2C3. The maximum absolute atomic E-state index is 12.3. The first-order valence-electron chi connectivity index (χ1n) is 7.13. The number of aliphatic hydroxyl groups is 1. The van der Waals surface area contributed by atoms with Crippen molar-refractivity contribution in [2.75, 3.05) is 0 Å². The van der Waals surface area contributed by atoms with Gasteiger partial charge in [0.25, 0.3) is 0 Å². The number of fused-ring (bicyclic) bond motifs is 1. The molecule has 1 aliphatic heterocycles. The van der Waals surface area contributed by atoms with Crippen LogP contribution in [0.4, 0.5) is 0 Å². The quantitative estimate of drug-likeness (QED) is 0.464. The fourth-order valence-electron chi connectivity index (χ4n) is 4.52. The van der Waals surface area contributed by atoms with Gasteiger partial charge >= 0.3 is 5.97 Å². The van der Waals surface area contributed by atoms with Gasteiger partial charge in [0.2, 0.25) is 0 Å². The number of hydrogen-bond acceptors (Lipinski definition) is 4. The van der Waals surface area contributed by atoms with Crippen molar-refractivity contribution in [2.45, 2.75) is 60.9 Å². The third kappa shape index (κ3) is 1.44. The number of alkyl halides is 1. The number of halogens is 1. The van der Waals surface area contributed by atoms with Crippen molar-refractivity contribution >= 4 is 28.6 Å². The van der Waals surface area contributed by atoms with Gasteiger partial charge in [0, 0.05) is 24.2 Å². The average molecular weight is 378 g/mol. The van der Waals surface area contributed by atoms with Crippen LogP contribution in [-0.2, 0) is 14.3 Å². The summed E-state index contributed by atoms with van der Waals surface area (Å²) in [6.45, 7) is 3.91. The van der Waals surface area contributed by atoms with Gasteiger partial charge in [-0.15, -0.1) is 0 Å². The van der Waals surface area contributed by atoms with E-state index >= 15 is 0 Å². The van der Waals surface area contributed by atoms with Crippen LogP contribution < -0.4 is 0 Å². The Kier molecular flexibility index (Phi) is 2.34. The Morgan fingerprint density at radius 1 is 1.53 bits per heavy atom. The molecule has 4 aliphatic rings. The third-order valence-corrected chi connectivity index (χ3v) is 7.10. The molecular weight excluding hydrogens is 359 g/mol. The minimum Gasteiger partial charge on any atom is -0.458 e. The highest BCUT2D eigenvalue weighted by Gasteiger charge is 2.84. The van der Waals surface area contributed by atoms with E-state index in [-0.39, 0.29) is 23.6 Å². The van der Waals surface area contributed by atoms with Crippen molar-refractivity contribution in [2.24, 2.45) is 17.3 Å². The van der Waals surface area contributed by atoms with Gasteiger partial charge in [0.05, 0.1) is 0 Å². The van der Waals surface area contributed by atoms with Gasteiger partial charge in [-0.25, -0.2) is 0 Å². The fraction of sp³-hybridized carbons (Fsp3) is 0.929. The van der Waals surface area contributed by atoms with Gasteiger partial charge in [0.1, 0.15) is 15.6 Å². The van der Waals surface area contributed by atoms with Crippen LogP contribution in [-0.4, -0.2) is 32.5 Å². The van der Waals surface area contributed by atoms with Gasteiger partial charge in [-0.1, -0.05) is 29.5 Å². The topological polar surface area (TPSA) is 55.8 Å². The lowest BCUT2D eigenvalue weighted by Crippen LogP contribution is -2.59. The summed E-state index contributed by atoms with van der Waals surface area (Å²) in [6, 6.07) is 0. The second-order valence-electron chi connectivity index (χ2n) is 6.93. The highest BCUT2D eigenvalue weighted by atomic mass is 127. The fourth-order valence-corrected chi connectivity index (χ4v) is 4.65. The van der Waals surface area contributed by atoms with E-state index in [0.29, 0.717) is 11.8 Å². The molecule has 1 heterocycles. The van der Waals surface area contributed by atoms with Crippen molar-refractivity contribution < 1.29 is 19.4 Å². The van der Waals surface area contributed by atoms with Crippen molar-refractivity contribution in [1.82, 2.24) is 0 Å². The molecule has 0 amide bonds. The predicted molar refractivity (Wildman–Crippen MR) is 75.7 cm³/mol. The largest absolute Gasteiger partial charge is 0.458 e. The molecular formula is C14H19IO4. The van der Waals surface area contributed by atoms with Gasteiger partial charge in [-0.05, 0) is 25.7 Å². The van der Waals surface area contributed by atoms with E-state index in [1.54, 1.807) is 0 Å². The zero-order chi connectivity index (χ0) is 13.6. The van der Waals surface area contributed by atoms with Crippen molar-refractivity contribution in [3.63, 3.8) is 0 Å². The summed E-state index contributed by atoms with van der Waals surface area (Å²) in [4.78, 5) is 12.3. The number of hydrogen-bond donors (Lipinski definition) is 1. The van der Waals surface area contributed by atoms with E-state index in [1.165, 1.54) is 0 Å². The first kappa shape index (κ1) is 12.8. The molecule has 2 bridgehead atoms. The Labute approximate surface area is 126 Å². The van der Waals surface area contributed by atoms with Crippen molar-refractivity contribution in [3.8, 4) is 0 Å². The summed E-state index contributed by atoms with van der Waals surface area (Å²) < 4.78 is 11.1. The van der Waals surface area contributed by atoms with Crippen LogP contribution in [0.1, 0.15) is 39.5 Å². The zero-order valence-electron chi connectivity index (χ0n) is 11.2. The van der Waals surface area contributed by atoms with Crippen LogP contribution in [0.2, 0.25) is 0 Å². The highest BCUT2D eigenvalue weighted by molar-refractivity contribution is 14.1. The summed E-state index contributed by atoms with van der Waals surface area (Å²) in [5.41, 5.74) is 0.156. The monoisotopic (exact) mass is 378 g/mol. The lowest BCUT2D eigenvalue weighted by atomic mass is 9.60. The Morgan fingerprint density at radius 2 is 2.26 bits per heavy atom. The van der Waals surface area contributed by atoms with E-state index in [2.05, 4.69) is 22.6 Å². The molecule has 7 atom stereocenters. The van der Waals surface area contributed by atoms with E-state index < -0.39 is 9.21 Å². The van der Waals surface area contributed by atoms with Gasteiger partial charge in [0.15, 0.2) is 5.79 Å². The van der Waals surface area contributed by atoms with Crippen LogP contribution in [0.25, 0.3) is 0 Å². The van der Waals surface area contributed by atoms with E-state index in [0.717, 1.165) is 25.7 Å². The highest BCUT2D eigenvalue weighted by Crippen LogP contribution is 2.79. The second kappa shape index (κ2) is 3.47. The minimum atomic E-state index is -0.931. The van der Waals surface area contributed by atoms with Gasteiger partial charge < -0.3 is 14.6 Å². The van der Waals surface area contributed by atoms with E-state index in [1.807, 2.05) is 13.8 Å². The molecule has 3 saturated carbocycles. The molecule has 5 heteroatoms. The molecule has 4 rings (SSSR count). The van der Waals surface area contributed by atoms with Gasteiger partial charge in [-0.2, -0.15) is 0 Å². The first-order valence-corrected chi connectivity index (χ1v) is 8.20. The maximum Gasteiger partial charge on any atom is 0.322 e. The van der Waals surface area contributed by atoms with E-state index in [9.17, 15) is 9.90 Å². The normalized spacial score (nSPS) is 55.8. The molecule has 0 aromatic heterocycles. The molecule has 0 aromatic rings. The smallest absolute Gasteiger partial charge is 0.322 e. The second-order valence-corrected chi connectivity index (χ2v) is 9.31. The molecule has 3 aliphatic carbocycles. The predicted octanol–water partition coefficient (Wildman–Crippen LogP) is 2.02. The molecule has 1 N–H and O–H groups in total. The molecule has 1 saturated heterocycles. The first-order chi connectivity index (χ1) is 8.82. The summed E-state index contributed by atoms with van der Waals surface area (Å²) in [5, 5.41) is 10.3. The Balaban J connectivity index is 1.55. The summed E-state index contributed by atoms with van der Waals surface area (Å²) in [6.07, 6.45) is 3.13. The van der Waals surface area contributed by atoms with Gasteiger partial charge in [-0.3, -0.25) is 4.79 Å². The van der Waals surface area contributed by atoms with Crippen molar-refractivity contribution in [3.05, 3.63) is 0 Å². The lowest BCUT2D eigenvalue weighted by Gasteiger charge is -2.48. The molecule has 4 nitrogen and oxygen atoms in total. The molecule has 19 heavy (non-hydrogen) atoms.